The van der Waals surface area contributed by atoms with E-state index in [9.17, 15) is 0 Å². The number of hydrogen-bond acceptors (Lipinski definition) is 3. The Morgan fingerprint density at radius 3 is 2.80 bits per heavy atom. The molecule has 1 aliphatic heterocycles. The molecular formula is C11H20N4. The molecule has 0 bridgehead atoms. The zero-order valence-corrected chi connectivity index (χ0v) is 10.0. The standard InChI is InChI=1S/C11H20N4/c1-8-5-6-15-9(7-8)13-14-10(15)11(2,3)12-4/h8,12H,5-7H2,1-4H3. The van der Waals surface area contributed by atoms with Gasteiger partial charge in [0, 0.05) is 13.0 Å². The minimum Gasteiger partial charge on any atom is -0.313 e. The van der Waals surface area contributed by atoms with Crippen LogP contribution in [0.25, 0.3) is 0 Å². The molecule has 1 aromatic heterocycles. The SMILES string of the molecule is CNC(C)(C)c1nnc2n1CCC(C)C2. The Labute approximate surface area is 91.1 Å². The number of hydrogen-bond donors (Lipinski definition) is 1. The van der Waals surface area contributed by atoms with Crippen LogP contribution in [-0.4, -0.2) is 21.8 Å². The van der Waals surface area contributed by atoms with Crippen LogP contribution >= 0.6 is 0 Å². The Balaban J connectivity index is 2.36. The van der Waals surface area contributed by atoms with Crippen molar-refractivity contribution in [1.82, 2.24) is 20.1 Å². The molecule has 1 aromatic rings. The van der Waals surface area contributed by atoms with E-state index >= 15 is 0 Å². The maximum Gasteiger partial charge on any atom is 0.152 e. The Kier molecular flexibility index (Phi) is 2.54. The third-order valence-corrected chi connectivity index (χ3v) is 3.39. The summed E-state index contributed by atoms with van der Waals surface area (Å²) in [6, 6.07) is 0. The highest BCUT2D eigenvalue weighted by atomic mass is 15.3. The second-order valence-corrected chi connectivity index (χ2v) is 5.06. The maximum atomic E-state index is 4.33. The van der Waals surface area contributed by atoms with Crippen LogP contribution in [0, 0.1) is 5.92 Å². The van der Waals surface area contributed by atoms with E-state index in [4.69, 9.17) is 0 Å². The first kappa shape index (κ1) is 10.6. The Morgan fingerprint density at radius 2 is 2.13 bits per heavy atom. The fourth-order valence-electron chi connectivity index (χ4n) is 2.06. The summed E-state index contributed by atoms with van der Waals surface area (Å²) in [6.07, 6.45) is 2.30. The van der Waals surface area contributed by atoms with E-state index in [0.29, 0.717) is 0 Å². The van der Waals surface area contributed by atoms with Gasteiger partial charge in [-0.15, -0.1) is 10.2 Å². The summed E-state index contributed by atoms with van der Waals surface area (Å²) in [5, 5.41) is 11.9. The Morgan fingerprint density at radius 1 is 1.40 bits per heavy atom. The molecule has 0 aromatic carbocycles. The van der Waals surface area contributed by atoms with Crippen molar-refractivity contribution in [2.75, 3.05) is 7.05 Å². The number of nitrogens with zero attached hydrogens (tertiary/aromatic N) is 3. The lowest BCUT2D eigenvalue weighted by molar-refractivity contribution is 0.354. The van der Waals surface area contributed by atoms with E-state index < -0.39 is 0 Å². The summed E-state index contributed by atoms with van der Waals surface area (Å²) >= 11 is 0. The lowest BCUT2D eigenvalue weighted by Crippen LogP contribution is -2.37. The minimum atomic E-state index is -0.0914. The Hall–Kier alpha value is -0.900. The van der Waals surface area contributed by atoms with Gasteiger partial charge in [-0.3, -0.25) is 0 Å². The van der Waals surface area contributed by atoms with Crippen molar-refractivity contribution in [3.8, 4) is 0 Å². The third-order valence-electron chi connectivity index (χ3n) is 3.39. The van der Waals surface area contributed by atoms with Crippen molar-refractivity contribution >= 4 is 0 Å². The molecule has 0 fully saturated rings. The molecule has 2 heterocycles. The van der Waals surface area contributed by atoms with E-state index in [0.717, 1.165) is 30.5 Å². The summed E-state index contributed by atoms with van der Waals surface area (Å²) in [7, 11) is 1.97. The van der Waals surface area contributed by atoms with Crippen molar-refractivity contribution in [2.45, 2.75) is 45.7 Å². The average molecular weight is 208 g/mol. The highest BCUT2D eigenvalue weighted by Gasteiger charge is 2.29. The molecule has 0 spiro atoms. The van der Waals surface area contributed by atoms with Gasteiger partial charge in [0.05, 0.1) is 5.54 Å². The van der Waals surface area contributed by atoms with Crippen molar-refractivity contribution in [3.05, 3.63) is 11.6 Å². The van der Waals surface area contributed by atoms with Crippen LogP contribution in [0.2, 0.25) is 0 Å². The topological polar surface area (TPSA) is 42.7 Å². The lowest BCUT2D eigenvalue weighted by Gasteiger charge is -2.27. The number of aromatic nitrogens is 3. The fraction of sp³-hybridized carbons (Fsp3) is 0.818. The molecular weight excluding hydrogens is 188 g/mol. The first-order valence-electron chi connectivity index (χ1n) is 5.66. The van der Waals surface area contributed by atoms with Gasteiger partial charge in [-0.2, -0.15) is 0 Å². The predicted octanol–water partition coefficient (Wildman–Crippen LogP) is 1.31. The molecule has 2 rings (SSSR count). The van der Waals surface area contributed by atoms with Gasteiger partial charge in [-0.25, -0.2) is 0 Å². The van der Waals surface area contributed by atoms with E-state index in [-0.39, 0.29) is 5.54 Å². The first-order chi connectivity index (χ1) is 7.04. The molecule has 0 saturated carbocycles. The molecule has 4 heteroatoms. The van der Waals surface area contributed by atoms with Crippen LogP contribution in [0.3, 0.4) is 0 Å². The lowest BCUT2D eigenvalue weighted by atomic mass is 9.98. The van der Waals surface area contributed by atoms with Gasteiger partial charge in [-0.1, -0.05) is 6.92 Å². The summed E-state index contributed by atoms with van der Waals surface area (Å²) in [4.78, 5) is 0. The van der Waals surface area contributed by atoms with Gasteiger partial charge >= 0.3 is 0 Å². The van der Waals surface area contributed by atoms with Crippen molar-refractivity contribution in [1.29, 1.82) is 0 Å². The quantitative estimate of drug-likeness (QED) is 0.797. The fourth-order valence-corrected chi connectivity index (χ4v) is 2.06. The van der Waals surface area contributed by atoms with Gasteiger partial charge in [0.25, 0.3) is 0 Å². The van der Waals surface area contributed by atoms with E-state index in [1.807, 2.05) is 7.05 Å². The second-order valence-electron chi connectivity index (χ2n) is 5.06. The van der Waals surface area contributed by atoms with Gasteiger partial charge < -0.3 is 9.88 Å². The van der Waals surface area contributed by atoms with Crippen LogP contribution in [0.1, 0.15) is 38.8 Å². The molecule has 0 saturated heterocycles. The average Bonchev–Trinajstić information content (AvgIpc) is 2.61. The first-order valence-corrected chi connectivity index (χ1v) is 5.66. The maximum absolute atomic E-state index is 4.33. The van der Waals surface area contributed by atoms with E-state index in [1.54, 1.807) is 0 Å². The van der Waals surface area contributed by atoms with Crippen molar-refractivity contribution in [2.24, 2.45) is 5.92 Å². The number of fused-ring (bicyclic) bond motifs is 1. The molecule has 15 heavy (non-hydrogen) atoms. The number of rotatable bonds is 2. The Bertz CT molecular complexity index is 353. The normalized spacial score (nSPS) is 21.5. The van der Waals surface area contributed by atoms with Crippen molar-refractivity contribution < 1.29 is 0 Å². The van der Waals surface area contributed by atoms with Crippen LogP contribution in [-0.2, 0) is 18.5 Å². The van der Waals surface area contributed by atoms with Crippen LogP contribution in [0.15, 0.2) is 0 Å². The molecule has 4 nitrogen and oxygen atoms in total. The highest BCUT2D eigenvalue weighted by Crippen LogP contribution is 2.24. The highest BCUT2D eigenvalue weighted by molar-refractivity contribution is 5.08. The molecule has 1 aliphatic rings. The molecule has 0 radical (unpaired) electrons. The van der Waals surface area contributed by atoms with Crippen LogP contribution in [0.4, 0.5) is 0 Å². The van der Waals surface area contributed by atoms with Crippen LogP contribution < -0.4 is 5.32 Å². The molecule has 0 aliphatic carbocycles. The number of nitrogens with one attached hydrogen (secondary N) is 1. The predicted molar refractivity (Wildman–Crippen MR) is 59.6 cm³/mol. The largest absolute Gasteiger partial charge is 0.313 e. The summed E-state index contributed by atoms with van der Waals surface area (Å²) in [6.45, 7) is 7.62. The molecule has 84 valence electrons. The smallest absolute Gasteiger partial charge is 0.152 e. The monoisotopic (exact) mass is 208 g/mol. The third kappa shape index (κ3) is 1.78. The summed E-state index contributed by atoms with van der Waals surface area (Å²) < 4.78 is 2.27. The molecule has 1 atom stereocenters. The molecule has 1 unspecified atom stereocenters. The minimum absolute atomic E-state index is 0.0914. The van der Waals surface area contributed by atoms with Gasteiger partial charge in [0.1, 0.15) is 5.82 Å². The van der Waals surface area contributed by atoms with E-state index in [2.05, 4.69) is 40.9 Å². The van der Waals surface area contributed by atoms with E-state index in [1.165, 1.54) is 6.42 Å². The molecule has 0 amide bonds. The zero-order chi connectivity index (χ0) is 11.1. The molecule has 1 N–H and O–H groups in total. The van der Waals surface area contributed by atoms with Gasteiger partial charge in [-0.05, 0) is 33.2 Å². The van der Waals surface area contributed by atoms with Crippen LogP contribution in [0.5, 0.6) is 0 Å². The van der Waals surface area contributed by atoms with Crippen molar-refractivity contribution in [3.63, 3.8) is 0 Å². The zero-order valence-electron chi connectivity index (χ0n) is 10.0. The summed E-state index contributed by atoms with van der Waals surface area (Å²) in [5.74, 6) is 2.95. The second kappa shape index (κ2) is 3.59. The van der Waals surface area contributed by atoms with Gasteiger partial charge in [0.15, 0.2) is 5.82 Å². The van der Waals surface area contributed by atoms with Gasteiger partial charge in [0.2, 0.25) is 0 Å². The summed E-state index contributed by atoms with van der Waals surface area (Å²) in [5.41, 5.74) is -0.0914.